The standard InChI is InChI=1S/C11H15BrN2O4S2/c12-10-2-1-8(7-11(10)13)14-20(17,18)9-3-5-19(15,16)6-4-9/h1-2,7,9,14H,3-6,13H2. The van der Waals surface area contributed by atoms with Crippen LogP contribution < -0.4 is 10.5 Å². The molecular weight excluding hydrogens is 368 g/mol. The minimum Gasteiger partial charge on any atom is -0.398 e. The van der Waals surface area contributed by atoms with E-state index in [2.05, 4.69) is 20.7 Å². The van der Waals surface area contributed by atoms with E-state index in [9.17, 15) is 16.8 Å². The largest absolute Gasteiger partial charge is 0.398 e. The first-order chi connectivity index (χ1) is 9.20. The molecule has 0 saturated carbocycles. The molecule has 9 heteroatoms. The van der Waals surface area contributed by atoms with Gasteiger partial charge in [-0.1, -0.05) is 0 Å². The Hall–Kier alpha value is -0.800. The molecule has 2 rings (SSSR count). The van der Waals surface area contributed by atoms with E-state index < -0.39 is 25.1 Å². The van der Waals surface area contributed by atoms with Gasteiger partial charge in [0.05, 0.1) is 22.4 Å². The summed E-state index contributed by atoms with van der Waals surface area (Å²) < 4.78 is 50.2. The molecule has 1 heterocycles. The zero-order valence-corrected chi connectivity index (χ0v) is 13.8. The van der Waals surface area contributed by atoms with Crippen molar-refractivity contribution in [2.24, 2.45) is 0 Å². The van der Waals surface area contributed by atoms with Gasteiger partial charge < -0.3 is 5.73 Å². The number of hydrogen-bond donors (Lipinski definition) is 2. The van der Waals surface area contributed by atoms with Crippen LogP contribution in [0, 0.1) is 0 Å². The lowest BCUT2D eigenvalue weighted by atomic mass is 10.2. The van der Waals surface area contributed by atoms with Crippen molar-refractivity contribution >= 4 is 47.2 Å². The van der Waals surface area contributed by atoms with Crippen molar-refractivity contribution in [1.82, 2.24) is 0 Å². The van der Waals surface area contributed by atoms with Gasteiger partial charge in [0.25, 0.3) is 0 Å². The van der Waals surface area contributed by atoms with Crippen molar-refractivity contribution in [2.45, 2.75) is 18.1 Å². The molecule has 20 heavy (non-hydrogen) atoms. The average molecular weight is 383 g/mol. The third kappa shape index (κ3) is 3.64. The van der Waals surface area contributed by atoms with Crippen LogP contribution >= 0.6 is 15.9 Å². The second kappa shape index (κ2) is 5.53. The molecule has 0 spiro atoms. The van der Waals surface area contributed by atoms with Crippen molar-refractivity contribution in [2.75, 3.05) is 22.0 Å². The number of sulfone groups is 1. The lowest BCUT2D eigenvalue weighted by Gasteiger charge is -2.22. The summed E-state index contributed by atoms with van der Waals surface area (Å²) in [5, 5.41) is -0.684. The predicted molar refractivity (Wildman–Crippen MR) is 82.8 cm³/mol. The van der Waals surface area contributed by atoms with Gasteiger partial charge in [-0.15, -0.1) is 0 Å². The second-order valence-corrected chi connectivity index (χ2v) is 9.85. The molecule has 0 bridgehead atoms. The number of nitrogen functional groups attached to an aromatic ring is 1. The van der Waals surface area contributed by atoms with Crippen LogP contribution in [0.2, 0.25) is 0 Å². The van der Waals surface area contributed by atoms with Gasteiger partial charge in [-0.3, -0.25) is 4.72 Å². The Labute approximate surface area is 126 Å². The maximum atomic E-state index is 12.2. The molecule has 0 radical (unpaired) electrons. The number of sulfonamides is 1. The fourth-order valence-corrected chi connectivity index (χ4v) is 5.55. The zero-order chi connectivity index (χ0) is 15.0. The number of anilines is 2. The number of benzene rings is 1. The number of rotatable bonds is 3. The first-order valence-corrected chi connectivity index (χ1v) is 10.1. The Morgan fingerprint density at radius 3 is 2.40 bits per heavy atom. The van der Waals surface area contributed by atoms with Crippen LogP contribution in [0.25, 0.3) is 0 Å². The fraction of sp³-hybridized carbons (Fsp3) is 0.455. The number of nitrogens with two attached hydrogens (primary N) is 1. The van der Waals surface area contributed by atoms with E-state index in [4.69, 9.17) is 5.73 Å². The first-order valence-electron chi connectivity index (χ1n) is 5.97. The highest BCUT2D eigenvalue weighted by Gasteiger charge is 2.32. The third-order valence-corrected chi connectivity index (χ3v) is 7.50. The number of nitrogens with one attached hydrogen (secondary N) is 1. The van der Waals surface area contributed by atoms with Gasteiger partial charge in [0.2, 0.25) is 10.0 Å². The molecule has 1 saturated heterocycles. The molecule has 0 atom stereocenters. The van der Waals surface area contributed by atoms with Gasteiger partial charge in [0, 0.05) is 10.2 Å². The molecule has 0 aliphatic carbocycles. The van der Waals surface area contributed by atoms with E-state index in [-0.39, 0.29) is 24.3 Å². The van der Waals surface area contributed by atoms with E-state index in [1.54, 1.807) is 12.1 Å². The summed E-state index contributed by atoms with van der Waals surface area (Å²) >= 11 is 3.23. The SMILES string of the molecule is Nc1cc(NS(=O)(=O)C2CCS(=O)(=O)CC2)ccc1Br. The minimum absolute atomic E-state index is 0.0823. The highest BCUT2D eigenvalue weighted by Crippen LogP contribution is 2.26. The maximum absolute atomic E-state index is 12.2. The van der Waals surface area contributed by atoms with Crippen LogP contribution in [0.1, 0.15) is 12.8 Å². The maximum Gasteiger partial charge on any atom is 0.235 e. The van der Waals surface area contributed by atoms with Crippen molar-refractivity contribution in [3.05, 3.63) is 22.7 Å². The van der Waals surface area contributed by atoms with Crippen LogP contribution in [0.5, 0.6) is 0 Å². The Balaban J connectivity index is 2.13. The van der Waals surface area contributed by atoms with E-state index >= 15 is 0 Å². The summed E-state index contributed by atoms with van der Waals surface area (Å²) in [6.45, 7) is 0. The quantitative estimate of drug-likeness (QED) is 0.767. The van der Waals surface area contributed by atoms with E-state index in [0.717, 1.165) is 0 Å². The molecule has 0 unspecified atom stereocenters. The molecule has 1 aliphatic heterocycles. The highest BCUT2D eigenvalue weighted by atomic mass is 79.9. The molecule has 0 amide bonds. The van der Waals surface area contributed by atoms with Gasteiger partial charge in [-0.25, -0.2) is 16.8 Å². The molecule has 1 aromatic rings. The Kier molecular flexibility index (Phi) is 4.31. The summed E-state index contributed by atoms with van der Waals surface area (Å²) in [5.74, 6) is -0.165. The Morgan fingerprint density at radius 2 is 1.85 bits per heavy atom. The van der Waals surface area contributed by atoms with E-state index in [0.29, 0.717) is 15.8 Å². The smallest absolute Gasteiger partial charge is 0.235 e. The van der Waals surface area contributed by atoms with E-state index in [1.165, 1.54) is 6.07 Å². The van der Waals surface area contributed by atoms with Crippen LogP contribution in [-0.2, 0) is 19.9 Å². The van der Waals surface area contributed by atoms with Crippen molar-refractivity contribution < 1.29 is 16.8 Å². The molecule has 112 valence electrons. The first kappa shape index (κ1) is 15.6. The lowest BCUT2D eigenvalue weighted by molar-refractivity contribution is 0.555. The van der Waals surface area contributed by atoms with Gasteiger partial charge >= 0.3 is 0 Å². The summed E-state index contributed by atoms with van der Waals surface area (Å²) in [6, 6.07) is 4.76. The fourth-order valence-electron chi connectivity index (χ4n) is 2.03. The van der Waals surface area contributed by atoms with Crippen LogP contribution in [0.4, 0.5) is 11.4 Å². The van der Waals surface area contributed by atoms with Gasteiger partial charge in [-0.05, 0) is 47.0 Å². The molecule has 3 N–H and O–H groups in total. The number of halogens is 1. The van der Waals surface area contributed by atoms with Crippen LogP contribution in [0.3, 0.4) is 0 Å². The third-order valence-electron chi connectivity index (χ3n) is 3.20. The molecule has 1 fully saturated rings. The lowest BCUT2D eigenvalue weighted by Crippen LogP contribution is -2.36. The normalized spacial score (nSPS) is 19.6. The van der Waals surface area contributed by atoms with Gasteiger partial charge in [0.15, 0.2) is 0 Å². The zero-order valence-electron chi connectivity index (χ0n) is 10.5. The predicted octanol–water partition coefficient (Wildman–Crippen LogP) is 1.35. The molecular formula is C11H15BrN2O4S2. The molecule has 6 nitrogen and oxygen atoms in total. The van der Waals surface area contributed by atoms with Crippen LogP contribution in [-0.4, -0.2) is 33.6 Å². The van der Waals surface area contributed by atoms with Crippen molar-refractivity contribution in [1.29, 1.82) is 0 Å². The average Bonchev–Trinajstić information content (AvgIpc) is 2.33. The number of hydrogen-bond acceptors (Lipinski definition) is 5. The monoisotopic (exact) mass is 382 g/mol. The second-order valence-electron chi connectivity index (χ2n) is 4.73. The van der Waals surface area contributed by atoms with Crippen LogP contribution in [0.15, 0.2) is 22.7 Å². The summed E-state index contributed by atoms with van der Waals surface area (Å²) in [4.78, 5) is 0. The summed E-state index contributed by atoms with van der Waals surface area (Å²) in [5.41, 5.74) is 6.49. The summed E-state index contributed by atoms with van der Waals surface area (Å²) in [7, 11) is -6.68. The Morgan fingerprint density at radius 1 is 1.25 bits per heavy atom. The van der Waals surface area contributed by atoms with Gasteiger partial charge in [-0.2, -0.15) is 0 Å². The van der Waals surface area contributed by atoms with E-state index in [1.807, 2.05) is 0 Å². The molecule has 1 aliphatic rings. The minimum atomic E-state index is -3.60. The van der Waals surface area contributed by atoms with Crippen molar-refractivity contribution in [3.8, 4) is 0 Å². The molecule has 0 aromatic heterocycles. The topological polar surface area (TPSA) is 106 Å². The molecule has 1 aromatic carbocycles. The Bertz CT molecular complexity index is 702. The van der Waals surface area contributed by atoms with Gasteiger partial charge in [0.1, 0.15) is 9.84 Å². The van der Waals surface area contributed by atoms with Crippen molar-refractivity contribution in [3.63, 3.8) is 0 Å². The summed E-state index contributed by atoms with van der Waals surface area (Å²) in [6.07, 6.45) is 0.257. The highest BCUT2D eigenvalue weighted by molar-refractivity contribution is 9.10.